The molecule has 1 atom stereocenters. The van der Waals surface area contributed by atoms with Gasteiger partial charge in [-0.25, -0.2) is 4.98 Å². The number of ether oxygens (including phenoxy) is 1. The monoisotopic (exact) mass is 496 g/mol. The number of ketones is 1. The summed E-state index contributed by atoms with van der Waals surface area (Å²) in [5.41, 5.74) is 9.62. The molecule has 7 nitrogen and oxygen atoms in total. The number of hydrogen-bond acceptors (Lipinski definition) is 8. The molecule has 1 aliphatic rings. The highest BCUT2D eigenvalue weighted by Crippen LogP contribution is 2.25. The highest BCUT2D eigenvalue weighted by Gasteiger charge is 2.16. The Hall–Kier alpha value is -3.36. The molecule has 1 aliphatic heterocycles. The SMILES string of the molecule is C=CC.CCCc1cc(C(=O)c2scnc2N)ccc1O.CNc1ccc(OC2CCNC2)cc1. The quantitative estimate of drug-likeness (QED) is 0.260. The van der Waals surface area contributed by atoms with Gasteiger partial charge in [0, 0.05) is 24.8 Å². The Morgan fingerprint density at radius 2 is 2.06 bits per heavy atom. The molecule has 35 heavy (non-hydrogen) atoms. The van der Waals surface area contributed by atoms with Crippen LogP contribution < -0.4 is 21.1 Å². The number of nitrogens with one attached hydrogen (secondary N) is 2. The number of carbonyl (C=O) groups is 1. The molecule has 3 aromatic rings. The van der Waals surface area contributed by atoms with E-state index in [1.165, 1.54) is 11.3 Å². The van der Waals surface area contributed by atoms with Gasteiger partial charge < -0.3 is 26.2 Å². The Bertz CT molecular complexity index is 1060. The average molecular weight is 497 g/mol. The number of phenolic OH excluding ortho intramolecular Hbond substituents is 1. The van der Waals surface area contributed by atoms with Crippen LogP contribution in [0.2, 0.25) is 0 Å². The molecule has 2 aromatic carbocycles. The van der Waals surface area contributed by atoms with Crippen molar-refractivity contribution in [2.45, 2.75) is 39.2 Å². The van der Waals surface area contributed by atoms with Crippen LogP contribution in [0.15, 0.2) is 60.6 Å². The third-order valence-corrected chi connectivity index (χ3v) is 5.96. The molecule has 1 saturated heterocycles. The zero-order valence-electron chi connectivity index (χ0n) is 20.7. The fourth-order valence-corrected chi connectivity index (χ4v) is 4.04. The second-order valence-corrected chi connectivity index (χ2v) is 8.76. The van der Waals surface area contributed by atoms with Crippen molar-refractivity contribution in [2.24, 2.45) is 0 Å². The molecule has 8 heteroatoms. The van der Waals surface area contributed by atoms with E-state index < -0.39 is 0 Å². The van der Waals surface area contributed by atoms with Crippen LogP contribution in [-0.4, -0.2) is 42.1 Å². The number of benzene rings is 2. The summed E-state index contributed by atoms with van der Waals surface area (Å²) >= 11 is 1.23. The lowest BCUT2D eigenvalue weighted by atomic mass is 10.0. The first-order valence-electron chi connectivity index (χ1n) is 11.7. The van der Waals surface area contributed by atoms with E-state index >= 15 is 0 Å². The van der Waals surface area contributed by atoms with E-state index in [4.69, 9.17) is 10.5 Å². The highest BCUT2D eigenvalue weighted by molar-refractivity contribution is 7.12. The van der Waals surface area contributed by atoms with Gasteiger partial charge in [-0.2, -0.15) is 0 Å². The topological polar surface area (TPSA) is 110 Å². The van der Waals surface area contributed by atoms with Crippen molar-refractivity contribution >= 4 is 28.6 Å². The van der Waals surface area contributed by atoms with Gasteiger partial charge in [-0.15, -0.1) is 17.9 Å². The summed E-state index contributed by atoms with van der Waals surface area (Å²) in [5, 5.41) is 16.0. The van der Waals surface area contributed by atoms with Crippen LogP contribution >= 0.6 is 11.3 Å². The van der Waals surface area contributed by atoms with Crippen molar-refractivity contribution in [1.82, 2.24) is 10.3 Å². The number of anilines is 2. The predicted molar refractivity (Wildman–Crippen MR) is 146 cm³/mol. The fourth-order valence-electron chi connectivity index (χ4n) is 3.37. The number of carbonyl (C=O) groups excluding carboxylic acids is 1. The van der Waals surface area contributed by atoms with E-state index in [1.807, 2.05) is 45.2 Å². The van der Waals surface area contributed by atoms with Crippen molar-refractivity contribution in [1.29, 1.82) is 0 Å². The zero-order valence-corrected chi connectivity index (χ0v) is 21.5. The average Bonchev–Trinajstić information content (AvgIpc) is 3.53. The molecule has 0 saturated carbocycles. The summed E-state index contributed by atoms with van der Waals surface area (Å²) in [5.74, 6) is 1.30. The Labute approximate surface area is 212 Å². The maximum Gasteiger partial charge on any atom is 0.206 e. The molecule has 4 rings (SSSR count). The first-order valence-corrected chi connectivity index (χ1v) is 12.6. The summed E-state index contributed by atoms with van der Waals surface area (Å²) in [7, 11) is 1.91. The van der Waals surface area contributed by atoms with Gasteiger partial charge in [0.15, 0.2) is 0 Å². The van der Waals surface area contributed by atoms with Crippen LogP contribution in [0.1, 0.15) is 47.5 Å². The van der Waals surface area contributed by atoms with E-state index in [-0.39, 0.29) is 17.4 Å². The van der Waals surface area contributed by atoms with Gasteiger partial charge in [0.25, 0.3) is 0 Å². The predicted octanol–water partition coefficient (Wildman–Crippen LogP) is 5.28. The minimum atomic E-state index is -0.146. The van der Waals surface area contributed by atoms with Gasteiger partial charge in [-0.1, -0.05) is 19.4 Å². The van der Waals surface area contributed by atoms with Crippen LogP contribution in [0.5, 0.6) is 11.5 Å². The standard InChI is InChI=1S/C13H14N2O2S.C11H16N2O.C3H6/c1-2-3-8-6-9(4-5-10(8)16)11(17)12-13(14)15-7-18-12;1-12-9-2-4-10(5-3-9)14-11-6-7-13-8-11;1-3-2/h4-7,16H,2-3,14H2,1H3;2-5,11-13H,6-8H2,1H3;3H,1H2,2H3. The lowest BCUT2D eigenvalue weighted by molar-refractivity contribution is 0.104. The number of phenols is 1. The number of hydrogen-bond donors (Lipinski definition) is 4. The van der Waals surface area contributed by atoms with Crippen molar-refractivity contribution < 1.29 is 14.6 Å². The first kappa shape index (κ1) is 27.9. The second kappa shape index (κ2) is 14.8. The minimum absolute atomic E-state index is 0.146. The van der Waals surface area contributed by atoms with Gasteiger partial charge in [0.2, 0.25) is 5.78 Å². The molecule has 0 bridgehead atoms. The fraction of sp³-hybridized carbons (Fsp3) is 0.333. The van der Waals surface area contributed by atoms with Gasteiger partial charge in [-0.05, 0) is 74.3 Å². The molecule has 0 amide bonds. The van der Waals surface area contributed by atoms with Crippen LogP contribution in [-0.2, 0) is 6.42 Å². The number of rotatable bonds is 7. The molecule has 0 aliphatic carbocycles. The smallest absolute Gasteiger partial charge is 0.206 e. The number of nitrogens with two attached hydrogens (primary N) is 1. The number of thiazole rings is 1. The molecular weight excluding hydrogens is 460 g/mol. The van der Waals surface area contributed by atoms with Crippen LogP contribution in [0.3, 0.4) is 0 Å². The summed E-state index contributed by atoms with van der Waals surface area (Å²) in [6.45, 7) is 9.31. The molecule has 2 heterocycles. The molecule has 0 spiro atoms. The zero-order chi connectivity index (χ0) is 25.6. The Morgan fingerprint density at radius 1 is 1.34 bits per heavy atom. The normalized spacial score (nSPS) is 14.1. The van der Waals surface area contributed by atoms with Crippen molar-refractivity contribution in [2.75, 3.05) is 31.2 Å². The van der Waals surface area contributed by atoms with E-state index in [2.05, 4.69) is 22.2 Å². The van der Waals surface area contributed by atoms with Gasteiger partial charge in [0.05, 0.1) is 5.51 Å². The lowest BCUT2D eigenvalue weighted by Crippen LogP contribution is -2.19. The van der Waals surface area contributed by atoms with E-state index in [9.17, 15) is 9.90 Å². The second-order valence-electron chi connectivity index (χ2n) is 7.90. The molecule has 5 N–H and O–H groups in total. The summed E-state index contributed by atoms with van der Waals surface area (Å²) in [6, 6.07) is 12.9. The van der Waals surface area contributed by atoms with E-state index in [1.54, 1.807) is 29.8 Å². The van der Waals surface area contributed by atoms with Crippen molar-refractivity contribution in [3.8, 4) is 11.5 Å². The number of nitrogen functional groups attached to an aromatic ring is 1. The number of nitrogens with zero attached hydrogens (tertiary/aromatic N) is 1. The molecule has 1 fully saturated rings. The number of allylic oxidation sites excluding steroid dienone is 1. The van der Waals surface area contributed by atoms with Gasteiger partial charge >= 0.3 is 0 Å². The maximum atomic E-state index is 12.2. The van der Waals surface area contributed by atoms with Crippen LogP contribution in [0.25, 0.3) is 0 Å². The van der Waals surface area contributed by atoms with Crippen molar-refractivity contribution in [3.63, 3.8) is 0 Å². The minimum Gasteiger partial charge on any atom is -0.508 e. The van der Waals surface area contributed by atoms with E-state index in [0.29, 0.717) is 16.5 Å². The van der Waals surface area contributed by atoms with Crippen LogP contribution in [0.4, 0.5) is 11.5 Å². The Morgan fingerprint density at radius 3 is 2.60 bits per heavy atom. The molecule has 188 valence electrons. The lowest BCUT2D eigenvalue weighted by Gasteiger charge is -2.12. The summed E-state index contributed by atoms with van der Waals surface area (Å²) in [6.07, 6.45) is 4.85. The summed E-state index contributed by atoms with van der Waals surface area (Å²) in [4.78, 5) is 16.5. The highest BCUT2D eigenvalue weighted by atomic mass is 32.1. The molecular formula is C27H36N4O3S. The Balaban J connectivity index is 0.000000227. The first-order chi connectivity index (χ1) is 16.9. The van der Waals surface area contributed by atoms with Crippen molar-refractivity contribution in [3.05, 3.63) is 76.6 Å². The van der Waals surface area contributed by atoms with Gasteiger partial charge in [-0.3, -0.25) is 4.79 Å². The van der Waals surface area contributed by atoms with Gasteiger partial charge in [0.1, 0.15) is 28.3 Å². The Kier molecular flexibility index (Phi) is 11.8. The number of aromatic nitrogens is 1. The van der Waals surface area contributed by atoms with E-state index in [0.717, 1.165) is 49.4 Å². The summed E-state index contributed by atoms with van der Waals surface area (Å²) < 4.78 is 5.78. The third-order valence-electron chi connectivity index (χ3n) is 5.12. The largest absolute Gasteiger partial charge is 0.508 e. The molecule has 0 radical (unpaired) electrons. The molecule has 1 unspecified atom stereocenters. The molecule has 1 aromatic heterocycles. The number of aryl methyl sites for hydroxylation is 1. The maximum absolute atomic E-state index is 12.2. The number of aromatic hydroxyl groups is 1. The van der Waals surface area contributed by atoms with Crippen LogP contribution in [0, 0.1) is 0 Å². The third kappa shape index (κ3) is 8.73.